The van der Waals surface area contributed by atoms with Crippen LogP contribution in [-0.2, 0) is 26.0 Å². The van der Waals surface area contributed by atoms with Crippen LogP contribution in [0.1, 0.15) is 11.1 Å². The molecule has 1 aliphatic carbocycles. The first-order chi connectivity index (χ1) is 23.5. The second-order valence-corrected chi connectivity index (χ2v) is 12.8. The third-order valence-corrected chi connectivity index (χ3v) is 9.25. The number of ketones is 1. The SMILES string of the molecule is COc1cc(-c2ccc(N/N=C3/C(=O)C=Cc4ccccc43)c(OC)c2)ccc1N=Nc1ccc2c(S(=O)[O-])cc(S(=O)(=O)[O-])c(N)c2c1.[Na+].[Na+]. The normalized spacial score (nSPS) is 13.7. The number of hydrazone groups is 1. The number of methoxy groups -OCH3 is 2. The number of carbonyl (C=O) groups is 1. The van der Waals surface area contributed by atoms with Crippen LogP contribution < -0.4 is 79.7 Å². The summed E-state index contributed by atoms with van der Waals surface area (Å²) < 4.78 is 69.9. The van der Waals surface area contributed by atoms with Gasteiger partial charge in [-0.15, -0.1) is 5.11 Å². The Hall–Kier alpha value is -3.74. The average Bonchev–Trinajstić information content (AvgIpc) is 3.09. The number of azo groups is 1. The number of hydrogen-bond acceptors (Lipinski definition) is 13. The van der Waals surface area contributed by atoms with Crippen molar-refractivity contribution >= 4 is 72.3 Å². The molecule has 1 unspecified atom stereocenters. The first kappa shape index (κ1) is 40.0. The van der Waals surface area contributed by atoms with Gasteiger partial charge < -0.3 is 24.3 Å². The van der Waals surface area contributed by atoms with Gasteiger partial charge in [-0.25, -0.2) is 8.42 Å². The predicted molar refractivity (Wildman–Crippen MR) is 183 cm³/mol. The van der Waals surface area contributed by atoms with E-state index in [9.17, 15) is 26.5 Å². The number of rotatable bonds is 9. The Bertz CT molecular complexity index is 2400. The van der Waals surface area contributed by atoms with E-state index in [4.69, 9.17) is 15.2 Å². The summed E-state index contributed by atoms with van der Waals surface area (Å²) >= 11 is -2.85. The molecule has 0 amide bonds. The maximum Gasteiger partial charge on any atom is 1.00 e. The van der Waals surface area contributed by atoms with Gasteiger partial charge in [0.1, 0.15) is 33.0 Å². The molecule has 0 fully saturated rings. The van der Waals surface area contributed by atoms with Crippen molar-refractivity contribution in [3.63, 3.8) is 0 Å². The second kappa shape index (κ2) is 16.7. The molecule has 17 heteroatoms. The van der Waals surface area contributed by atoms with E-state index in [1.807, 2.05) is 30.3 Å². The Morgan fingerprint density at radius 3 is 2.20 bits per heavy atom. The van der Waals surface area contributed by atoms with Crippen molar-refractivity contribution in [2.75, 3.05) is 25.4 Å². The van der Waals surface area contributed by atoms with Crippen molar-refractivity contribution in [3.8, 4) is 22.6 Å². The number of fused-ring (bicyclic) bond motifs is 2. The predicted octanol–water partition coefficient (Wildman–Crippen LogP) is 0.0838. The Morgan fingerprint density at radius 1 is 0.824 bits per heavy atom. The minimum absolute atomic E-state index is 0. The summed E-state index contributed by atoms with van der Waals surface area (Å²) in [6, 6.07) is 23.1. The zero-order valence-electron chi connectivity index (χ0n) is 27.7. The molecule has 3 N–H and O–H groups in total. The number of nitrogens with two attached hydrogens (primary N) is 1. The number of nitrogen functional groups attached to an aromatic ring is 1. The van der Waals surface area contributed by atoms with Crippen LogP contribution in [0.15, 0.2) is 116 Å². The number of anilines is 2. The molecule has 0 heterocycles. The van der Waals surface area contributed by atoms with Crippen molar-refractivity contribution in [3.05, 3.63) is 102 Å². The summed E-state index contributed by atoms with van der Waals surface area (Å²) in [5.41, 5.74) is 13.1. The Balaban J connectivity index is 0.00000292. The molecule has 0 saturated heterocycles. The van der Waals surface area contributed by atoms with Crippen molar-refractivity contribution in [1.82, 2.24) is 0 Å². The smallest absolute Gasteiger partial charge is 0.768 e. The zero-order chi connectivity index (χ0) is 34.9. The summed E-state index contributed by atoms with van der Waals surface area (Å²) in [5.74, 6) is 0.635. The average molecular weight is 742 g/mol. The summed E-state index contributed by atoms with van der Waals surface area (Å²) in [6.45, 7) is 0. The van der Waals surface area contributed by atoms with Crippen LogP contribution in [0.5, 0.6) is 11.5 Å². The van der Waals surface area contributed by atoms with E-state index in [-0.39, 0.29) is 87.1 Å². The Kier molecular flexibility index (Phi) is 13.1. The molecule has 51 heavy (non-hydrogen) atoms. The summed E-state index contributed by atoms with van der Waals surface area (Å²) in [5, 5.41) is 13.0. The number of benzene rings is 5. The van der Waals surface area contributed by atoms with Gasteiger partial charge in [-0.05, 0) is 81.7 Å². The van der Waals surface area contributed by atoms with E-state index in [1.165, 1.54) is 38.5 Å². The number of nitrogens with zero attached hydrogens (tertiary/aromatic N) is 3. The summed E-state index contributed by atoms with van der Waals surface area (Å²) in [6.07, 6.45) is 3.24. The fourth-order valence-corrected chi connectivity index (χ4v) is 6.55. The molecule has 0 aromatic heterocycles. The molecule has 0 saturated carbocycles. The molecule has 248 valence electrons. The van der Waals surface area contributed by atoms with Crippen molar-refractivity contribution < 1.29 is 95.1 Å². The van der Waals surface area contributed by atoms with Crippen LogP contribution in [0.3, 0.4) is 0 Å². The van der Waals surface area contributed by atoms with Crippen LogP contribution in [0, 0.1) is 0 Å². The summed E-state index contributed by atoms with van der Waals surface area (Å²) in [4.78, 5) is 11.3. The number of allylic oxidation sites excluding steroid dienone is 1. The standard InChI is InChI=1S/C34H27N5O8S2.2Na/c1-46-29-15-20(21-8-13-27(30(16-21)47-2)38-39-34-23-6-4-3-5-19(23)9-14-28(34)40)7-12-26(29)37-36-22-10-11-24-25(17-22)33(35)32(49(43,44)45)18-31(24)48(41)42;;/h3-18,38H,35H2,1-2H3,(H,41,42)(H,43,44,45);;/q;2*+1/p-2/b37-36?,39-34+;;. The van der Waals surface area contributed by atoms with E-state index in [0.717, 1.165) is 28.3 Å². The molecule has 0 bridgehead atoms. The van der Waals surface area contributed by atoms with Gasteiger partial charge >= 0.3 is 59.1 Å². The number of hydrogen-bond donors (Lipinski definition) is 2. The molecule has 5 aromatic rings. The minimum Gasteiger partial charge on any atom is -0.768 e. The van der Waals surface area contributed by atoms with E-state index in [1.54, 1.807) is 36.4 Å². The van der Waals surface area contributed by atoms with Crippen LogP contribution in [0.2, 0.25) is 0 Å². The molecular weight excluding hydrogens is 717 g/mol. The number of nitrogens with one attached hydrogen (secondary N) is 1. The first-order valence-corrected chi connectivity index (χ1v) is 16.8. The van der Waals surface area contributed by atoms with E-state index >= 15 is 0 Å². The third kappa shape index (κ3) is 8.50. The van der Waals surface area contributed by atoms with Gasteiger partial charge in [0.25, 0.3) is 0 Å². The minimum atomic E-state index is -5.06. The molecular formula is C34H25N5Na2O8S2. The van der Waals surface area contributed by atoms with Crippen LogP contribution >= 0.6 is 0 Å². The van der Waals surface area contributed by atoms with E-state index in [2.05, 4.69) is 20.8 Å². The number of carbonyl (C=O) groups excluding carboxylic acids is 1. The molecule has 1 aliphatic rings. The van der Waals surface area contributed by atoms with Gasteiger partial charge in [-0.2, -0.15) is 10.2 Å². The van der Waals surface area contributed by atoms with Crippen molar-refractivity contribution in [2.45, 2.75) is 9.79 Å². The van der Waals surface area contributed by atoms with Gasteiger partial charge in [-0.1, -0.05) is 48.5 Å². The Labute approximate surface area is 339 Å². The first-order valence-electron chi connectivity index (χ1n) is 14.3. The van der Waals surface area contributed by atoms with Crippen molar-refractivity contribution in [1.29, 1.82) is 0 Å². The molecule has 5 aromatic carbocycles. The fourth-order valence-electron chi connectivity index (χ4n) is 5.27. The van der Waals surface area contributed by atoms with E-state index < -0.39 is 36.7 Å². The molecule has 0 spiro atoms. The van der Waals surface area contributed by atoms with Crippen LogP contribution in [0.25, 0.3) is 28.0 Å². The maximum atomic E-state index is 12.6. The largest absolute Gasteiger partial charge is 1.00 e. The third-order valence-electron chi connectivity index (χ3n) is 7.67. The molecule has 0 aliphatic heterocycles. The van der Waals surface area contributed by atoms with Crippen molar-refractivity contribution in [2.24, 2.45) is 15.3 Å². The van der Waals surface area contributed by atoms with Gasteiger partial charge in [0.15, 0.2) is 0 Å². The van der Waals surface area contributed by atoms with E-state index in [0.29, 0.717) is 22.9 Å². The topological polar surface area (TPSA) is 208 Å². The molecule has 13 nitrogen and oxygen atoms in total. The van der Waals surface area contributed by atoms with Gasteiger partial charge in [0, 0.05) is 15.8 Å². The van der Waals surface area contributed by atoms with Gasteiger partial charge in [0.2, 0.25) is 5.78 Å². The quantitative estimate of drug-likeness (QED) is 0.0520. The van der Waals surface area contributed by atoms with Gasteiger partial charge in [0.05, 0.1) is 36.2 Å². The number of ether oxygens (including phenoxy) is 2. The monoisotopic (exact) mass is 741 g/mol. The van der Waals surface area contributed by atoms with Crippen LogP contribution in [-0.4, -0.2) is 47.4 Å². The summed E-state index contributed by atoms with van der Waals surface area (Å²) in [7, 11) is -2.07. The van der Waals surface area contributed by atoms with Gasteiger partial charge in [-0.3, -0.25) is 14.4 Å². The Morgan fingerprint density at radius 2 is 1.51 bits per heavy atom. The second-order valence-electron chi connectivity index (χ2n) is 10.6. The molecule has 0 radical (unpaired) electrons. The van der Waals surface area contributed by atoms with Crippen LogP contribution in [0.4, 0.5) is 22.7 Å². The maximum absolute atomic E-state index is 12.6. The fraction of sp³-hybridized carbons (Fsp3) is 0.0588. The molecule has 6 rings (SSSR count). The molecule has 1 atom stereocenters. The zero-order valence-corrected chi connectivity index (χ0v) is 33.4.